The van der Waals surface area contributed by atoms with E-state index >= 15 is 0 Å². The van der Waals surface area contributed by atoms with Crippen molar-refractivity contribution in [2.75, 3.05) is 14.1 Å². The van der Waals surface area contributed by atoms with Crippen molar-refractivity contribution in [3.8, 4) is 0 Å². The molecule has 0 bridgehead atoms. The van der Waals surface area contributed by atoms with Crippen LogP contribution in [0.4, 0.5) is 0 Å². The highest BCUT2D eigenvalue weighted by Crippen LogP contribution is 2.37. The van der Waals surface area contributed by atoms with E-state index in [-0.39, 0.29) is 12.4 Å². The molecule has 0 heterocycles. The van der Waals surface area contributed by atoms with Gasteiger partial charge in [0.1, 0.15) is 6.54 Å². The maximum Gasteiger partial charge on any atom is 0.250 e. The molecule has 0 unspecified atom stereocenters. The fourth-order valence-corrected chi connectivity index (χ4v) is 3.49. The van der Waals surface area contributed by atoms with Crippen LogP contribution in [0.5, 0.6) is 0 Å². The predicted molar refractivity (Wildman–Crippen MR) is 109 cm³/mol. The third-order valence-electron chi connectivity index (χ3n) is 4.89. The number of benzene rings is 1. The molecule has 0 aliphatic carbocycles. The molecule has 0 aliphatic heterocycles. The van der Waals surface area contributed by atoms with Gasteiger partial charge >= 0.3 is 0 Å². The van der Waals surface area contributed by atoms with Gasteiger partial charge in [-0.3, -0.25) is 4.48 Å². The Kier molecular flexibility index (Phi) is 13.3. The minimum atomic E-state index is -0.725. The van der Waals surface area contributed by atoms with Gasteiger partial charge in [0.05, 0.1) is 14.1 Å². The van der Waals surface area contributed by atoms with Gasteiger partial charge in [0.2, 0.25) is 0 Å². The Bertz CT molecular complexity index is 432. The van der Waals surface area contributed by atoms with Gasteiger partial charge in [0.15, 0.2) is 0 Å². The minimum absolute atomic E-state index is 0. The summed E-state index contributed by atoms with van der Waals surface area (Å²) in [5.74, 6) is 0. The lowest BCUT2D eigenvalue weighted by Gasteiger charge is -2.40. The van der Waals surface area contributed by atoms with Crippen LogP contribution in [-0.4, -0.2) is 23.0 Å². The summed E-state index contributed by atoms with van der Waals surface area (Å²) in [4.78, 5) is 0. The number of hydrogen-bond donors (Lipinski definition) is 0. The quantitative estimate of drug-likeness (QED) is 0.197. The Morgan fingerprint density at radius 2 is 1.28 bits per heavy atom. The monoisotopic (exact) mass is 407 g/mol. The fourth-order valence-electron chi connectivity index (χ4n) is 3.11. The largest absolute Gasteiger partial charge is 1.00 e. The van der Waals surface area contributed by atoms with Crippen molar-refractivity contribution in [1.82, 2.24) is 0 Å². The molecule has 0 N–H and O–H groups in total. The lowest BCUT2D eigenvalue weighted by molar-refractivity contribution is -0.926. The number of unbranched alkanes of at least 4 members (excludes halogenated alkanes) is 8. The molecule has 1 aromatic carbocycles. The van der Waals surface area contributed by atoms with E-state index < -0.39 is 4.46 Å². The molecule has 0 aliphatic rings. The van der Waals surface area contributed by atoms with E-state index in [2.05, 4.69) is 45.3 Å². The lowest BCUT2D eigenvalue weighted by Crippen LogP contribution is -3.00. The van der Waals surface area contributed by atoms with Gasteiger partial charge in [-0.15, -0.1) is 0 Å². The summed E-state index contributed by atoms with van der Waals surface area (Å²) in [6.45, 7) is 3.12. The predicted octanol–water partition coefficient (Wildman–Crippen LogP) is 4.32. The van der Waals surface area contributed by atoms with Gasteiger partial charge in [0.25, 0.3) is 4.46 Å². The van der Waals surface area contributed by atoms with Crippen molar-refractivity contribution in [3.63, 3.8) is 0 Å². The number of alkyl halides is 2. The van der Waals surface area contributed by atoms with E-state index in [1.165, 1.54) is 56.9 Å². The second-order valence-corrected chi connectivity index (χ2v) is 9.02. The number of halogens is 3. The van der Waals surface area contributed by atoms with Crippen LogP contribution in [0.15, 0.2) is 30.3 Å². The third kappa shape index (κ3) is 10.1. The van der Waals surface area contributed by atoms with Crippen LogP contribution in [0.2, 0.25) is 0 Å². The van der Waals surface area contributed by atoms with E-state index in [1.54, 1.807) is 0 Å². The smallest absolute Gasteiger partial charge is 0.250 e. The standard InChI is InChI=1S/C21H36Cl2N.ClH/c1-4-5-6-7-8-9-10-11-15-18-21(22,23)24(2,3)19-20-16-13-12-14-17-20;/h12-14,16-17H,4-11,15,18-19H2,1-3H3;1H/q+1;/p-1. The second kappa shape index (κ2) is 13.3. The molecule has 1 nitrogen and oxygen atoms in total. The average Bonchev–Trinajstić information content (AvgIpc) is 2.53. The molecule has 0 amide bonds. The van der Waals surface area contributed by atoms with Crippen molar-refractivity contribution >= 4 is 23.2 Å². The maximum absolute atomic E-state index is 6.71. The van der Waals surface area contributed by atoms with E-state index in [0.717, 1.165) is 19.4 Å². The third-order valence-corrected chi connectivity index (χ3v) is 6.18. The summed E-state index contributed by atoms with van der Waals surface area (Å²) in [5, 5.41) is 0. The molecule has 1 rings (SSSR count). The summed E-state index contributed by atoms with van der Waals surface area (Å²) >= 11 is 13.4. The van der Waals surface area contributed by atoms with Crippen LogP contribution in [0.1, 0.15) is 76.7 Å². The number of hydrogen-bond acceptors (Lipinski definition) is 0. The first-order chi connectivity index (χ1) is 11.4. The molecule has 0 atom stereocenters. The fraction of sp³-hybridized carbons (Fsp3) is 0.714. The Morgan fingerprint density at radius 3 is 1.80 bits per heavy atom. The summed E-state index contributed by atoms with van der Waals surface area (Å²) in [7, 11) is 4.25. The number of quaternary nitrogens is 1. The van der Waals surface area contributed by atoms with Gasteiger partial charge in [-0.05, 0) is 29.6 Å². The maximum atomic E-state index is 6.71. The highest BCUT2D eigenvalue weighted by atomic mass is 35.5. The minimum Gasteiger partial charge on any atom is -1.00 e. The molecule has 1 aromatic rings. The average molecular weight is 409 g/mol. The highest BCUT2D eigenvalue weighted by Gasteiger charge is 2.41. The van der Waals surface area contributed by atoms with Crippen LogP contribution >= 0.6 is 23.2 Å². The molecular weight excluding hydrogens is 373 g/mol. The molecule has 25 heavy (non-hydrogen) atoms. The molecule has 0 aromatic heterocycles. The van der Waals surface area contributed by atoms with E-state index in [1.807, 2.05) is 6.07 Å². The van der Waals surface area contributed by atoms with Crippen LogP contribution < -0.4 is 12.4 Å². The van der Waals surface area contributed by atoms with Gasteiger partial charge in [-0.1, -0.05) is 88.6 Å². The number of rotatable bonds is 13. The zero-order valence-electron chi connectivity index (χ0n) is 16.2. The first-order valence-electron chi connectivity index (χ1n) is 9.64. The van der Waals surface area contributed by atoms with Crippen molar-refractivity contribution in [1.29, 1.82) is 0 Å². The van der Waals surface area contributed by atoms with Crippen molar-refractivity contribution in [3.05, 3.63) is 35.9 Å². The number of nitrogens with zero attached hydrogens (tertiary/aromatic N) is 1. The first kappa shape index (κ1) is 25.1. The molecule has 0 saturated heterocycles. The Hall–Kier alpha value is 0.0500. The second-order valence-electron chi connectivity index (χ2n) is 7.57. The molecule has 0 spiro atoms. The summed E-state index contributed by atoms with van der Waals surface area (Å²) in [6.07, 6.45) is 12.7. The molecular formula is C21H36Cl3N. The topological polar surface area (TPSA) is 0 Å². The molecule has 146 valence electrons. The van der Waals surface area contributed by atoms with Crippen LogP contribution in [0.3, 0.4) is 0 Å². The molecule has 0 radical (unpaired) electrons. The summed E-state index contributed by atoms with van der Waals surface area (Å²) in [6, 6.07) is 10.5. The van der Waals surface area contributed by atoms with Crippen molar-refractivity contribution < 1.29 is 16.9 Å². The van der Waals surface area contributed by atoms with Crippen LogP contribution in [-0.2, 0) is 6.54 Å². The van der Waals surface area contributed by atoms with E-state index in [9.17, 15) is 0 Å². The van der Waals surface area contributed by atoms with Crippen LogP contribution in [0, 0.1) is 0 Å². The zero-order chi connectivity index (χ0) is 17.9. The Labute approximate surface area is 172 Å². The van der Waals surface area contributed by atoms with Gasteiger partial charge in [-0.25, -0.2) is 0 Å². The van der Waals surface area contributed by atoms with Gasteiger partial charge < -0.3 is 12.4 Å². The van der Waals surface area contributed by atoms with Crippen molar-refractivity contribution in [2.24, 2.45) is 0 Å². The molecule has 4 heteroatoms. The summed E-state index contributed by atoms with van der Waals surface area (Å²) < 4.78 is -0.131. The van der Waals surface area contributed by atoms with E-state index in [4.69, 9.17) is 23.2 Å². The van der Waals surface area contributed by atoms with Crippen LogP contribution in [0.25, 0.3) is 0 Å². The zero-order valence-corrected chi connectivity index (χ0v) is 18.5. The molecule has 0 fully saturated rings. The Balaban J connectivity index is 0.00000576. The Morgan fingerprint density at radius 1 is 0.800 bits per heavy atom. The van der Waals surface area contributed by atoms with Gasteiger partial charge in [-0.2, -0.15) is 0 Å². The van der Waals surface area contributed by atoms with Crippen molar-refractivity contribution in [2.45, 2.75) is 82.1 Å². The lowest BCUT2D eigenvalue weighted by atomic mass is 10.1. The summed E-state index contributed by atoms with van der Waals surface area (Å²) in [5.41, 5.74) is 1.28. The highest BCUT2D eigenvalue weighted by molar-refractivity contribution is 6.47. The molecule has 0 saturated carbocycles. The van der Waals surface area contributed by atoms with E-state index in [0.29, 0.717) is 4.48 Å². The normalized spacial score (nSPS) is 12.0. The van der Waals surface area contributed by atoms with Gasteiger partial charge in [0, 0.05) is 12.0 Å². The first-order valence-corrected chi connectivity index (χ1v) is 10.4. The SMILES string of the molecule is CCCCCCCCCCCC(Cl)(Cl)[N+](C)(C)Cc1ccccc1.[Cl-].